The molecule has 0 aromatic heterocycles. The van der Waals surface area contributed by atoms with Crippen LogP contribution in [-0.4, -0.2) is 18.8 Å². The summed E-state index contributed by atoms with van der Waals surface area (Å²) in [7, 11) is 0. The van der Waals surface area contributed by atoms with Crippen LogP contribution in [0, 0.1) is 0 Å². The second-order valence-electron chi connectivity index (χ2n) is 3.34. The third-order valence-corrected chi connectivity index (χ3v) is 2.45. The Kier molecular flexibility index (Phi) is 1.21. The molecule has 1 fully saturated rings. The molecule has 12 heavy (non-hydrogen) atoms. The van der Waals surface area contributed by atoms with E-state index in [1.54, 1.807) is 0 Å². The van der Waals surface area contributed by atoms with Gasteiger partial charge in [0.1, 0.15) is 18.0 Å². The molecule has 0 radical (unpaired) electrons. The van der Waals surface area contributed by atoms with Crippen molar-refractivity contribution in [2.75, 3.05) is 6.61 Å². The van der Waals surface area contributed by atoms with Gasteiger partial charge in [-0.25, -0.2) is 0 Å². The average Bonchev–Trinajstić information content (AvgIpc) is 2.85. The lowest BCUT2D eigenvalue weighted by Crippen LogP contribution is -2.19. The standard InChI is InChI=1S/C10H10O2/c1-2-4-8-7(3-1)5-9(12-8)10-6-11-10/h1-4,9-10H,5-6H2. The van der Waals surface area contributed by atoms with E-state index in [0.717, 1.165) is 18.8 Å². The Bertz CT molecular complexity index is 279. The lowest BCUT2D eigenvalue weighted by molar-refractivity contribution is 0.184. The number of ether oxygens (including phenoxy) is 2. The number of fused-ring (bicyclic) bond motifs is 1. The van der Waals surface area contributed by atoms with Gasteiger partial charge >= 0.3 is 0 Å². The minimum Gasteiger partial charge on any atom is -0.487 e. The highest BCUT2D eigenvalue weighted by Crippen LogP contribution is 2.33. The molecule has 2 aliphatic rings. The molecule has 2 aliphatic heterocycles. The summed E-state index contributed by atoms with van der Waals surface area (Å²) in [6, 6.07) is 8.21. The van der Waals surface area contributed by atoms with Crippen LogP contribution < -0.4 is 4.74 Å². The summed E-state index contributed by atoms with van der Waals surface area (Å²) >= 11 is 0. The quantitative estimate of drug-likeness (QED) is 0.582. The smallest absolute Gasteiger partial charge is 0.131 e. The van der Waals surface area contributed by atoms with E-state index in [1.165, 1.54) is 5.56 Å². The van der Waals surface area contributed by atoms with Crippen molar-refractivity contribution in [3.05, 3.63) is 29.8 Å². The molecule has 1 aromatic carbocycles. The molecule has 2 nitrogen and oxygen atoms in total. The van der Waals surface area contributed by atoms with E-state index in [2.05, 4.69) is 12.1 Å². The summed E-state index contributed by atoms with van der Waals surface area (Å²) in [6.45, 7) is 0.874. The lowest BCUT2D eigenvalue weighted by atomic mass is 10.1. The monoisotopic (exact) mass is 162 g/mol. The number of para-hydroxylation sites is 1. The summed E-state index contributed by atoms with van der Waals surface area (Å²) in [5, 5.41) is 0. The molecule has 62 valence electrons. The van der Waals surface area contributed by atoms with Crippen molar-refractivity contribution in [3.63, 3.8) is 0 Å². The third kappa shape index (κ3) is 0.916. The fraction of sp³-hybridized carbons (Fsp3) is 0.400. The Morgan fingerprint density at radius 1 is 1.17 bits per heavy atom. The van der Waals surface area contributed by atoms with Crippen molar-refractivity contribution in [2.45, 2.75) is 18.6 Å². The van der Waals surface area contributed by atoms with E-state index >= 15 is 0 Å². The molecule has 2 unspecified atom stereocenters. The Morgan fingerprint density at radius 2 is 2.00 bits per heavy atom. The first-order valence-electron chi connectivity index (χ1n) is 4.29. The van der Waals surface area contributed by atoms with E-state index in [9.17, 15) is 0 Å². The fourth-order valence-corrected chi connectivity index (χ4v) is 1.69. The normalized spacial score (nSPS) is 31.0. The van der Waals surface area contributed by atoms with Gasteiger partial charge in [-0.05, 0) is 11.6 Å². The molecular weight excluding hydrogens is 152 g/mol. The molecule has 2 atom stereocenters. The average molecular weight is 162 g/mol. The lowest BCUT2D eigenvalue weighted by Gasteiger charge is -2.05. The summed E-state index contributed by atoms with van der Waals surface area (Å²) in [5.41, 5.74) is 1.32. The van der Waals surface area contributed by atoms with Crippen molar-refractivity contribution < 1.29 is 9.47 Å². The topological polar surface area (TPSA) is 21.8 Å². The van der Waals surface area contributed by atoms with Gasteiger partial charge in [0.25, 0.3) is 0 Å². The van der Waals surface area contributed by atoms with Crippen LogP contribution in [0.3, 0.4) is 0 Å². The number of hydrogen-bond acceptors (Lipinski definition) is 2. The first kappa shape index (κ1) is 6.49. The van der Waals surface area contributed by atoms with Crippen LogP contribution in [0.2, 0.25) is 0 Å². The van der Waals surface area contributed by atoms with Crippen molar-refractivity contribution in [2.24, 2.45) is 0 Å². The van der Waals surface area contributed by atoms with Gasteiger partial charge in [-0.1, -0.05) is 18.2 Å². The zero-order valence-electron chi connectivity index (χ0n) is 6.69. The van der Waals surface area contributed by atoms with Crippen LogP contribution in [0.5, 0.6) is 5.75 Å². The molecular formula is C10H10O2. The van der Waals surface area contributed by atoms with Gasteiger partial charge in [-0.2, -0.15) is 0 Å². The van der Waals surface area contributed by atoms with Crippen LogP contribution in [0.4, 0.5) is 0 Å². The predicted molar refractivity (Wildman–Crippen MR) is 44.3 cm³/mol. The minimum atomic E-state index is 0.280. The van der Waals surface area contributed by atoms with Gasteiger partial charge in [-0.3, -0.25) is 0 Å². The molecule has 0 spiro atoms. The zero-order valence-corrected chi connectivity index (χ0v) is 6.69. The highest BCUT2D eigenvalue weighted by Gasteiger charge is 2.38. The van der Waals surface area contributed by atoms with Crippen molar-refractivity contribution >= 4 is 0 Å². The fourth-order valence-electron chi connectivity index (χ4n) is 1.69. The van der Waals surface area contributed by atoms with Crippen molar-refractivity contribution in [1.82, 2.24) is 0 Å². The maximum Gasteiger partial charge on any atom is 0.131 e. The van der Waals surface area contributed by atoms with E-state index in [-0.39, 0.29) is 6.10 Å². The van der Waals surface area contributed by atoms with Crippen LogP contribution in [-0.2, 0) is 11.2 Å². The highest BCUT2D eigenvalue weighted by molar-refractivity contribution is 5.37. The molecule has 0 amide bonds. The molecule has 0 aliphatic carbocycles. The molecule has 0 saturated carbocycles. The second kappa shape index (κ2) is 2.23. The molecule has 3 rings (SSSR count). The zero-order chi connectivity index (χ0) is 7.97. The highest BCUT2D eigenvalue weighted by atomic mass is 16.6. The first-order valence-corrected chi connectivity index (χ1v) is 4.29. The Labute approximate surface area is 71.1 Å². The molecule has 0 N–H and O–H groups in total. The van der Waals surface area contributed by atoms with Gasteiger partial charge in [0.05, 0.1) is 6.61 Å². The van der Waals surface area contributed by atoms with Crippen LogP contribution in [0.25, 0.3) is 0 Å². The molecule has 2 heterocycles. The number of epoxide rings is 1. The van der Waals surface area contributed by atoms with Gasteiger partial charge < -0.3 is 9.47 Å². The maximum absolute atomic E-state index is 5.71. The number of hydrogen-bond donors (Lipinski definition) is 0. The van der Waals surface area contributed by atoms with Gasteiger partial charge in [0.15, 0.2) is 0 Å². The predicted octanol–water partition coefficient (Wildman–Crippen LogP) is 1.39. The van der Waals surface area contributed by atoms with E-state index in [1.807, 2.05) is 12.1 Å². The van der Waals surface area contributed by atoms with Crippen molar-refractivity contribution in [1.29, 1.82) is 0 Å². The van der Waals surface area contributed by atoms with E-state index in [0.29, 0.717) is 6.10 Å². The van der Waals surface area contributed by atoms with Crippen LogP contribution >= 0.6 is 0 Å². The summed E-state index contributed by atoms with van der Waals surface area (Å²) in [6.07, 6.45) is 1.65. The van der Waals surface area contributed by atoms with Gasteiger partial charge in [0.2, 0.25) is 0 Å². The minimum absolute atomic E-state index is 0.280. The first-order chi connectivity index (χ1) is 5.93. The Hall–Kier alpha value is -1.02. The van der Waals surface area contributed by atoms with E-state index in [4.69, 9.17) is 9.47 Å². The third-order valence-electron chi connectivity index (χ3n) is 2.45. The van der Waals surface area contributed by atoms with Crippen molar-refractivity contribution in [3.8, 4) is 5.75 Å². The molecule has 2 heteroatoms. The van der Waals surface area contributed by atoms with Gasteiger partial charge in [0, 0.05) is 6.42 Å². The van der Waals surface area contributed by atoms with Gasteiger partial charge in [-0.15, -0.1) is 0 Å². The molecule has 0 bridgehead atoms. The summed E-state index contributed by atoms with van der Waals surface area (Å²) in [5.74, 6) is 1.04. The van der Waals surface area contributed by atoms with E-state index < -0.39 is 0 Å². The molecule has 1 saturated heterocycles. The maximum atomic E-state index is 5.71. The Balaban J connectivity index is 1.89. The summed E-state index contributed by atoms with van der Waals surface area (Å²) < 4.78 is 10.9. The number of benzene rings is 1. The number of rotatable bonds is 1. The van der Waals surface area contributed by atoms with Crippen LogP contribution in [0.1, 0.15) is 5.56 Å². The second-order valence-corrected chi connectivity index (χ2v) is 3.34. The summed E-state index contributed by atoms with van der Waals surface area (Å²) in [4.78, 5) is 0. The largest absolute Gasteiger partial charge is 0.487 e. The molecule has 1 aromatic rings. The van der Waals surface area contributed by atoms with Crippen LogP contribution in [0.15, 0.2) is 24.3 Å². The Morgan fingerprint density at radius 3 is 2.75 bits per heavy atom. The SMILES string of the molecule is c1ccc2c(c1)CC(C1CO1)O2.